The molecule has 2 aromatic rings. The minimum atomic E-state index is -0.476. The van der Waals surface area contributed by atoms with Gasteiger partial charge in [0.15, 0.2) is 11.2 Å². The zero-order valence-electron chi connectivity index (χ0n) is 6.80. The maximum Gasteiger partial charge on any atom is 0.276 e. The van der Waals surface area contributed by atoms with E-state index in [1.165, 1.54) is 0 Å². The summed E-state index contributed by atoms with van der Waals surface area (Å²) in [6, 6.07) is 0. The van der Waals surface area contributed by atoms with Gasteiger partial charge in [0.25, 0.3) is 5.56 Å². The largest absolute Gasteiger partial charge is 0.339 e. The van der Waals surface area contributed by atoms with Gasteiger partial charge in [0.1, 0.15) is 2.74 Å². The average Bonchev–Trinajstić information content (AvgIpc) is 2.29. The number of rotatable bonds is 0. The highest BCUT2D eigenvalue weighted by Crippen LogP contribution is 1.94. The van der Waals surface area contributed by atoms with Gasteiger partial charge in [-0.1, -0.05) is 0 Å². The Morgan fingerprint density at radius 1 is 1.40 bits per heavy atom. The van der Waals surface area contributed by atoms with E-state index in [1.54, 1.807) is 0 Å². The summed E-state index contributed by atoms with van der Waals surface area (Å²) in [4.78, 5) is 22.8. The van der Waals surface area contributed by atoms with E-state index in [2.05, 4.69) is 19.9 Å². The highest BCUT2D eigenvalue weighted by atomic mass is 16.1. The molecule has 0 amide bonds. The maximum atomic E-state index is 11.0. The maximum absolute atomic E-state index is 11.0. The van der Waals surface area contributed by atoms with E-state index < -0.39 is 5.56 Å². The summed E-state index contributed by atoms with van der Waals surface area (Å²) in [7, 11) is 0. The van der Waals surface area contributed by atoms with Crippen molar-refractivity contribution in [2.75, 3.05) is 0 Å². The molecule has 2 rings (SSSR count). The summed E-state index contributed by atoms with van der Waals surface area (Å²) in [6.45, 7) is 0. The lowest BCUT2D eigenvalue weighted by Crippen LogP contribution is -2.05. The highest BCUT2D eigenvalue weighted by molar-refractivity contribution is 5.67. The second-order valence-electron chi connectivity index (χ2n) is 1.72. The van der Waals surface area contributed by atoms with Crippen LogP contribution in [0, 0.1) is 0 Å². The first-order valence-electron chi connectivity index (χ1n) is 3.60. The third kappa shape index (κ3) is 0.540. The fourth-order valence-corrected chi connectivity index (χ4v) is 0.682. The standard InChI is InChI=1S/C5H4N4O/c10-5-3-4(7-1-6-3)8-2-9-5/h1-2H,(H2,6,7,8,9,10)/i1D,2D. The summed E-state index contributed by atoms with van der Waals surface area (Å²) >= 11 is 0. The molecule has 5 heteroatoms. The molecule has 0 aliphatic rings. The summed E-state index contributed by atoms with van der Waals surface area (Å²) in [6.07, 6.45) is -0.382. The van der Waals surface area contributed by atoms with Gasteiger partial charge in [0.05, 0.1) is 12.6 Å². The number of hydrogen-bond acceptors (Lipinski definition) is 3. The van der Waals surface area contributed by atoms with Crippen LogP contribution in [0.4, 0.5) is 0 Å². The van der Waals surface area contributed by atoms with Crippen LogP contribution in [-0.4, -0.2) is 19.9 Å². The Balaban J connectivity index is 2.98. The molecular formula is C5H4N4O. The van der Waals surface area contributed by atoms with Crippen molar-refractivity contribution in [2.24, 2.45) is 0 Å². The second-order valence-corrected chi connectivity index (χ2v) is 1.72. The van der Waals surface area contributed by atoms with Crippen molar-refractivity contribution in [3.8, 4) is 0 Å². The number of nitrogens with zero attached hydrogens (tertiary/aromatic N) is 2. The van der Waals surface area contributed by atoms with Crippen molar-refractivity contribution in [1.29, 1.82) is 0 Å². The van der Waals surface area contributed by atoms with Gasteiger partial charge in [0.2, 0.25) is 0 Å². The van der Waals surface area contributed by atoms with E-state index in [4.69, 9.17) is 2.74 Å². The molecule has 0 saturated heterocycles. The normalized spacial score (nSPS) is 13.2. The second kappa shape index (κ2) is 1.66. The summed E-state index contributed by atoms with van der Waals surface area (Å²) in [5, 5.41) is 0. The van der Waals surface area contributed by atoms with E-state index in [0.717, 1.165) is 0 Å². The predicted octanol–water partition coefficient (Wildman–Crippen LogP) is -0.354. The van der Waals surface area contributed by atoms with Crippen LogP contribution in [0.15, 0.2) is 17.4 Å². The smallest absolute Gasteiger partial charge is 0.276 e. The Hall–Kier alpha value is -1.65. The quantitative estimate of drug-likeness (QED) is 0.522. The SMILES string of the molecule is [2H]c1nc2nc([2H])[nH]c2c(=O)[nH]1. The van der Waals surface area contributed by atoms with Crippen LogP contribution < -0.4 is 5.56 Å². The Labute approximate surface area is 58.0 Å². The van der Waals surface area contributed by atoms with E-state index >= 15 is 0 Å². The lowest BCUT2D eigenvalue weighted by Gasteiger charge is -1.81. The average molecular weight is 138 g/mol. The molecule has 0 radical (unpaired) electrons. The number of hydrogen-bond donors (Lipinski definition) is 2. The van der Waals surface area contributed by atoms with Gasteiger partial charge >= 0.3 is 0 Å². The fourth-order valence-electron chi connectivity index (χ4n) is 0.682. The van der Waals surface area contributed by atoms with Crippen molar-refractivity contribution in [1.82, 2.24) is 19.9 Å². The lowest BCUT2D eigenvalue weighted by atomic mass is 10.6. The number of aromatic nitrogens is 4. The Morgan fingerprint density at radius 3 is 2.90 bits per heavy atom. The number of nitrogens with one attached hydrogen (secondary N) is 2. The molecule has 0 aliphatic carbocycles. The Kier molecular flexibility index (Phi) is 0.582. The van der Waals surface area contributed by atoms with Crippen LogP contribution in [0.5, 0.6) is 0 Å². The first-order valence-corrected chi connectivity index (χ1v) is 2.60. The van der Waals surface area contributed by atoms with Crippen molar-refractivity contribution < 1.29 is 2.74 Å². The summed E-state index contributed by atoms with van der Waals surface area (Å²) < 4.78 is 14.1. The first-order chi connectivity index (χ1) is 5.66. The van der Waals surface area contributed by atoms with Gasteiger partial charge in [-0.05, 0) is 0 Å². The van der Waals surface area contributed by atoms with Gasteiger partial charge in [-0.25, -0.2) is 9.97 Å². The molecule has 0 spiro atoms. The summed E-state index contributed by atoms with van der Waals surface area (Å²) in [5.74, 6) is 0. The molecule has 0 fully saturated rings. The Morgan fingerprint density at radius 2 is 2.10 bits per heavy atom. The number of aromatic amines is 2. The van der Waals surface area contributed by atoms with Crippen LogP contribution in [-0.2, 0) is 0 Å². The monoisotopic (exact) mass is 138 g/mol. The van der Waals surface area contributed by atoms with E-state index in [-0.39, 0.29) is 23.8 Å². The van der Waals surface area contributed by atoms with Gasteiger partial charge in [-0.2, -0.15) is 0 Å². The van der Waals surface area contributed by atoms with Crippen LogP contribution in [0.1, 0.15) is 2.74 Å². The Bertz CT molecular complexity index is 488. The predicted molar refractivity (Wildman–Crippen MR) is 34.5 cm³/mol. The van der Waals surface area contributed by atoms with Crippen LogP contribution in [0.3, 0.4) is 0 Å². The third-order valence-electron chi connectivity index (χ3n) is 1.12. The molecule has 0 saturated carbocycles. The molecule has 0 unspecified atom stereocenters. The molecule has 0 aromatic carbocycles. The molecule has 2 heterocycles. The lowest BCUT2D eigenvalue weighted by molar-refractivity contribution is 1.15. The molecule has 50 valence electrons. The van der Waals surface area contributed by atoms with Crippen LogP contribution in [0.2, 0.25) is 0 Å². The van der Waals surface area contributed by atoms with Crippen molar-refractivity contribution in [3.63, 3.8) is 0 Å². The van der Waals surface area contributed by atoms with Gasteiger partial charge in [0, 0.05) is 0 Å². The van der Waals surface area contributed by atoms with Crippen LogP contribution >= 0.6 is 0 Å². The van der Waals surface area contributed by atoms with Crippen molar-refractivity contribution >= 4 is 11.2 Å². The molecule has 5 nitrogen and oxygen atoms in total. The molecule has 10 heavy (non-hydrogen) atoms. The minimum Gasteiger partial charge on any atom is -0.339 e. The highest BCUT2D eigenvalue weighted by Gasteiger charge is 1.97. The molecule has 0 bridgehead atoms. The van der Waals surface area contributed by atoms with Gasteiger partial charge in [-0.3, -0.25) is 4.79 Å². The topological polar surface area (TPSA) is 74.4 Å². The van der Waals surface area contributed by atoms with Crippen molar-refractivity contribution in [3.05, 3.63) is 23.0 Å². The van der Waals surface area contributed by atoms with Gasteiger partial charge < -0.3 is 9.97 Å². The van der Waals surface area contributed by atoms with E-state index in [1.807, 2.05) is 0 Å². The van der Waals surface area contributed by atoms with E-state index in [0.29, 0.717) is 0 Å². The van der Waals surface area contributed by atoms with Gasteiger partial charge in [-0.15, -0.1) is 0 Å². The molecule has 2 N–H and O–H groups in total. The first kappa shape index (κ1) is 3.50. The van der Waals surface area contributed by atoms with Crippen LogP contribution in [0.25, 0.3) is 11.2 Å². The van der Waals surface area contributed by atoms with E-state index in [9.17, 15) is 4.79 Å². The third-order valence-corrected chi connectivity index (χ3v) is 1.12. The fraction of sp³-hybridized carbons (Fsp3) is 0. The zero-order valence-corrected chi connectivity index (χ0v) is 4.80. The number of H-pyrrole nitrogens is 2. The number of fused-ring (bicyclic) bond motifs is 1. The molecular weight excluding hydrogens is 132 g/mol. The molecule has 2 aromatic heterocycles. The van der Waals surface area contributed by atoms with Crippen molar-refractivity contribution in [2.45, 2.75) is 0 Å². The minimum absolute atomic E-state index is 0.105. The zero-order chi connectivity index (χ0) is 8.72. The molecule has 0 aliphatic heterocycles. The molecule has 0 atom stereocenters. The number of imidazole rings is 1. The summed E-state index contributed by atoms with van der Waals surface area (Å²) in [5.41, 5.74) is -0.235.